The van der Waals surface area contributed by atoms with Gasteiger partial charge >= 0.3 is 0 Å². The van der Waals surface area contributed by atoms with Gasteiger partial charge in [0.1, 0.15) is 12.1 Å². The summed E-state index contributed by atoms with van der Waals surface area (Å²) in [6.45, 7) is 0. The van der Waals surface area contributed by atoms with Gasteiger partial charge in [-0.25, -0.2) is 19.2 Å². The van der Waals surface area contributed by atoms with Gasteiger partial charge in [-0.15, -0.1) is 16.4 Å². The summed E-state index contributed by atoms with van der Waals surface area (Å²) >= 11 is 13.7. The Kier molecular flexibility index (Phi) is 4.53. The van der Waals surface area contributed by atoms with Crippen LogP contribution in [0.5, 0.6) is 0 Å². The molecule has 0 aliphatic carbocycles. The van der Waals surface area contributed by atoms with Crippen molar-refractivity contribution in [1.29, 1.82) is 0 Å². The highest BCUT2D eigenvalue weighted by molar-refractivity contribution is 7.15. The van der Waals surface area contributed by atoms with Crippen LogP contribution in [-0.4, -0.2) is 34.3 Å². The molecule has 0 saturated heterocycles. The van der Waals surface area contributed by atoms with Crippen LogP contribution in [0.15, 0.2) is 66.4 Å². The van der Waals surface area contributed by atoms with Gasteiger partial charge < -0.3 is 5.32 Å². The van der Waals surface area contributed by atoms with Crippen LogP contribution in [0, 0.1) is 0 Å². The standard InChI is InChI=1S/C21H12Cl2N8S/c22-13-6-4-12(5-7-13)17-10-32-21-28-20(29-31(17)21)27-18-16-9-26-30(19(16)25-11-24-18)15-3-1-2-14(23)8-15/h1-11H,(H,24,25,27,29). The van der Waals surface area contributed by atoms with Crippen LogP contribution in [-0.2, 0) is 0 Å². The van der Waals surface area contributed by atoms with Crippen molar-refractivity contribution in [2.45, 2.75) is 0 Å². The molecular weight excluding hydrogens is 467 g/mol. The highest BCUT2D eigenvalue weighted by Gasteiger charge is 2.15. The molecule has 4 aromatic heterocycles. The summed E-state index contributed by atoms with van der Waals surface area (Å²) in [5.74, 6) is 0.997. The fourth-order valence-corrected chi connectivity index (χ4v) is 4.54. The maximum atomic E-state index is 6.13. The summed E-state index contributed by atoms with van der Waals surface area (Å²) in [5.41, 5.74) is 3.39. The molecule has 0 bridgehead atoms. The van der Waals surface area contributed by atoms with Gasteiger partial charge in [-0.3, -0.25) is 0 Å². The van der Waals surface area contributed by atoms with E-state index in [2.05, 4.69) is 30.5 Å². The number of nitrogens with one attached hydrogen (secondary N) is 1. The number of aromatic nitrogens is 7. The van der Waals surface area contributed by atoms with Crippen molar-refractivity contribution < 1.29 is 0 Å². The van der Waals surface area contributed by atoms with Crippen molar-refractivity contribution in [1.82, 2.24) is 34.3 Å². The van der Waals surface area contributed by atoms with Gasteiger partial charge in [-0.1, -0.05) is 41.4 Å². The van der Waals surface area contributed by atoms with Gasteiger partial charge in [0.15, 0.2) is 5.65 Å². The first-order chi connectivity index (χ1) is 15.7. The molecule has 0 aliphatic heterocycles. The summed E-state index contributed by atoms with van der Waals surface area (Å²) in [6, 6.07) is 15.0. The van der Waals surface area contributed by atoms with Crippen LogP contribution in [0.3, 0.4) is 0 Å². The third-order valence-electron chi connectivity index (χ3n) is 4.87. The number of fused-ring (bicyclic) bond motifs is 2. The van der Waals surface area contributed by atoms with E-state index in [0.29, 0.717) is 27.5 Å². The zero-order valence-corrected chi connectivity index (χ0v) is 18.5. The monoisotopic (exact) mass is 478 g/mol. The van der Waals surface area contributed by atoms with Gasteiger partial charge in [-0.2, -0.15) is 10.1 Å². The maximum absolute atomic E-state index is 6.13. The van der Waals surface area contributed by atoms with Gasteiger partial charge in [0.05, 0.1) is 23.0 Å². The molecule has 0 amide bonds. The lowest BCUT2D eigenvalue weighted by atomic mass is 10.2. The molecule has 6 aromatic rings. The van der Waals surface area contributed by atoms with E-state index < -0.39 is 0 Å². The predicted octanol–water partition coefficient (Wildman–Crippen LogP) is 5.64. The number of benzene rings is 2. The molecule has 0 fully saturated rings. The molecule has 4 heterocycles. The highest BCUT2D eigenvalue weighted by Crippen LogP contribution is 2.29. The minimum absolute atomic E-state index is 0.433. The largest absolute Gasteiger partial charge is 0.307 e. The van der Waals surface area contributed by atoms with E-state index in [1.807, 2.05) is 53.9 Å². The zero-order valence-electron chi connectivity index (χ0n) is 16.1. The third-order valence-corrected chi connectivity index (χ3v) is 6.17. The molecule has 0 unspecified atom stereocenters. The Morgan fingerprint density at radius 1 is 0.969 bits per heavy atom. The van der Waals surface area contributed by atoms with Crippen molar-refractivity contribution >= 4 is 62.3 Å². The maximum Gasteiger partial charge on any atom is 0.249 e. The molecule has 32 heavy (non-hydrogen) atoms. The Morgan fingerprint density at radius 2 is 1.84 bits per heavy atom. The number of anilines is 2. The minimum Gasteiger partial charge on any atom is -0.307 e. The first kappa shape index (κ1) is 19.2. The molecule has 0 radical (unpaired) electrons. The number of nitrogens with zero attached hydrogens (tertiary/aromatic N) is 7. The van der Waals surface area contributed by atoms with Gasteiger partial charge in [-0.05, 0) is 30.3 Å². The number of rotatable bonds is 4. The van der Waals surface area contributed by atoms with Gasteiger partial charge in [0.25, 0.3) is 0 Å². The molecular formula is C21H12Cl2N8S. The fraction of sp³-hybridized carbons (Fsp3) is 0. The molecule has 6 rings (SSSR count). The quantitative estimate of drug-likeness (QED) is 0.352. The van der Waals surface area contributed by atoms with Crippen LogP contribution < -0.4 is 5.32 Å². The predicted molar refractivity (Wildman–Crippen MR) is 126 cm³/mol. The average Bonchev–Trinajstić information content (AvgIpc) is 3.49. The van der Waals surface area contributed by atoms with Crippen molar-refractivity contribution in [2.75, 3.05) is 5.32 Å². The Hall–Kier alpha value is -3.53. The van der Waals surface area contributed by atoms with Gasteiger partial charge in [0, 0.05) is 21.0 Å². The van der Waals surface area contributed by atoms with E-state index in [4.69, 9.17) is 23.2 Å². The Balaban J connectivity index is 1.37. The number of thiazole rings is 1. The van der Waals surface area contributed by atoms with Crippen molar-refractivity contribution in [2.24, 2.45) is 0 Å². The van der Waals surface area contributed by atoms with Crippen LogP contribution in [0.25, 0.3) is 32.9 Å². The first-order valence-corrected chi connectivity index (χ1v) is 11.1. The summed E-state index contributed by atoms with van der Waals surface area (Å²) in [7, 11) is 0. The number of hydrogen-bond acceptors (Lipinski definition) is 7. The second kappa shape index (κ2) is 7.56. The summed E-state index contributed by atoms with van der Waals surface area (Å²) in [5, 5.41) is 16.3. The number of hydrogen-bond donors (Lipinski definition) is 1. The second-order valence-electron chi connectivity index (χ2n) is 6.88. The van der Waals surface area contributed by atoms with Crippen LogP contribution in [0.1, 0.15) is 0 Å². The topological polar surface area (TPSA) is 85.8 Å². The Morgan fingerprint density at radius 3 is 2.69 bits per heavy atom. The first-order valence-electron chi connectivity index (χ1n) is 9.47. The molecule has 8 nitrogen and oxygen atoms in total. The second-order valence-corrected chi connectivity index (χ2v) is 8.59. The van der Waals surface area contributed by atoms with E-state index in [1.165, 1.54) is 17.7 Å². The molecule has 1 N–H and O–H groups in total. The smallest absolute Gasteiger partial charge is 0.249 e. The molecule has 156 valence electrons. The van der Waals surface area contributed by atoms with E-state index >= 15 is 0 Å². The highest BCUT2D eigenvalue weighted by atomic mass is 35.5. The van der Waals surface area contributed by atoms with E-state index in [9.17, 15) is 0 Å². The normalized spacial score (nSPS) is 11.4. The average molecular weight is 479 g/mol. The lowest BCUT2D eigenvalue weighted by molar-refractivity contribution is 0.895. The Bertz CT molecular complexity index is 1590. The lowest BCUT2D eigenvalue weighted by Gasteiger charge is -2.05. The van der Waals surface area contributed by atoms with E-state index in [-0.39, 0.29) is 0 Å². The summed E-state index contributed by atoms with van der Waals surface area (Å²) in [6.07, 6.45) is 3.18. The van der Waals surface area contributed by atoms with Crippen LogP contribution >= 0.6 is 34.5 Å². The molecule has 11 heteroatoms. The number of halogens is 2. The molecule has 0 saturated carbocycles. The molecule has 0 aliphatic rings. The summed E-state index contributed by atoms with van der Waals surface area (Å²) in [4.78, 5) is 14.1. The van der Waals surface area contributed by atoms with E-state index in [0.717, 1.165) is 27.3 Å². The van der Waals surface area contributed by atoms with Crippen molar-refractivity contribution in [3.05, 3.63) is 76.5 Å². The molecule has 2 aromatic carbocycles. The zero-order chi connectivity index (χ0) is 21.7. The van der Waals surface area contributed by atoms with Crippen molar-refractivity contribution in [3.8, 4) is 16.9 Å². The Labute approximate surface area is 195 Å². The third kappa shape index (κ3) is 3.27. The molecule has 0 atom stereocenters. The summed E-state index contributed by atoms with van der Waals surface area (Å²) < 4.78 is 3.51. The lowest BCUT2D eigenvalue weighted by Crippen LogP contribution is -2.00. The minimum atomic E-state index is 0.433. The van der Waals surface area contributed by atoms with E-state index in [1.54, 1.807) is 15.4 Å². The molecule has 0 spiro atoms. The van der Waals surface area contributed by atoms with Gasteiger partial charge in [0.2, 0.25) is 10.9 Å². The van der Waals surface area contributed by atoms with Crippen LogP contribution in [0.2, 0.25) is 10.0 Å². The SMILES string of the molecule is Clc1ccc(-c2csc3nc(Nc4ncnc5c4cnn5-c4cccc(Cl)c4)nn23)cc1. The van der Waals surface area contributed by atoms with Crippen molar-refractivity contribution in [3.63, 3.8) is 0 Å². The van der Waals surface area contributed by atoms with Crippen LogP contribution in [0.4, 0.5) is 11.8 Å². The fourth-order valence-electron chi connectivity index (χ4n) is 3.40.